The van der Waals surface area contributed by atoms with Crippen molar-refractivity contribution >= 4 is 22.6 Å². The molecule has 3 saturated heterocycles. The lowest BCUT2D eigenvalue weighted by atomic mass is 9.74. The lowest BCUT2D eigenvalue weighted by Crippen LogP contribution is -2.54. The fourth-order valence-electron chi connectivity index (χ4n) is 6.06. The van der Waals surface area contributed by atoms with Gasteiger partial charge in [-0.1, -0.05) is 42.5 Å². The summed E-state index contributed by atoms with van der Waals surface area (Å²) in [4.78, 5) is 14.7. The van der Waals surface area contributed by atoms with E-state index in [2.05, 4.69) is 46.6 Å². The number of halogens is 3. The number of nitrogens with one attached hydrogen (secondary N) is 1. The predicted octanol–water partition coefficient (Wildman–Crippen LogP) is 6.69. The summed E-state index contributed by atoms with van der Waals surface area (Å²) in [6, 6.07) is 21.5. The minimum Gasteiger partial charge on any atom is -0.448 e. The maximum absolute atomic E-state index is 13.0. The summed E-state index contributed by atoms with van der Waals surface area (Å²) in [6.07, 6.45) is -3.27. The summed E-state index contributed by atoms with van der Waals surface area (Å²) >= 11 is 0. The Morgan fingerprint density at radius 2 is 1.87 bits per heavy atom. The third-order valence-corrected chi connectivity index (χ3v) is 8.06. The summed E-state index contributed by atoms with van der Waals surface area (Å²) in [5.74, 6) is 0.774. The molecule has 2 bridgehead atoms. The van der Waals surface area contributed by atoms with Gasteiger partial charge in [0.05, 0.1) is 11.3 Å². The first-order chi connectivity index (χ1) is 18.7. The maximum Gasteiger partial charge on any atom is 0.416 e. The summed E-state index contributed by atoms with van der Waals surface area (Å²) in [7, 11) is 2.00. The van der Waals surface area contributed by atoms with E-state index in [1.54, 1.807) is 0 Å². The van der Waals surface area contributed by atoms with E-state index in [4.69, 9.17) is 9.84 Å². The monoisotopic (exact) mass is 534 g/mol. The lowest BCUT2D eigenvalue weighted by Gasteiger charge is -2.49. The van der Waals surface area contributed by atoms with Crippen LogP contribution in [0.15, 0.2) is 72.8 Å². The van der Waals surface area contributed by atoms with Crippen molar-refractivity contribution in [3.8, 4) is 11.3 Å². The number of hydrogen-bond acceptors (Lipinski definition) is 4. The molecule has 9 heteroatoms. The van der Waals surface area contributed by atoms with Crippen LogP contribution in [-0.4, -0.2) is 46.5 Å². The van der Waals surface area contributed by atoms with Crippen LogP contribution < -0.4 is 5.32 Å². The zero-order valence-corrected chi connectivity index (χ0v) is 21.5. The first-order valence-corrected chi connectivity index (χ1v) is 13.1. The van der Waals surface area contributed by atoms with Gasteiger partial charge >= 0.3 is 12.3 Å². The Balaban J connectivity index is 1.09. The largest absolute Gasteiger partial charge is 0.448 e. The molecule has 0 radical (unpaired) electrons. The average Bonchev–Trinajstić information content (AvgIpc) is 3.33. The second-order valence-corrected chi connectivity index (χ2v) is 10.5. The first kappa shape index (κ1) is 25.4. The fourth-order valence-corrected chi connectivity index (χ4v) is 6.06. The van der Waals surface area contributed by atoms with Gasteiger partial charge in [0.25, 0.3) is 0 Å². The summed E-state index contributed by atoms with van der Waals surface area (Å²) in [5, 5.41) is 9.64. The molecular formula is C30H29F3N4O2. The zero-order valence-electron chi connectivity index (χ0n) is 21.5. The van der Waals surface area contributed by atoms with Gasteiger partial charge in [0, 0.05) is 42.5 Å². The van der Waals surface area contributed by atoms with Gasteiger partial charge in [0.1, 0.15) is 6.61 Å². The maximum atomic E-state index is 13.0. The van der Waals surface area contributed by atoms with Gasteiger partial charge in [-0.3, -0.25) is 14.9 Å². The number of anilines is 1. The van der Waals surface area contributed by atoms with Gasteiger partial charge < -0.3 is 4.74 Å². The number of hydrogen-bond donors (Lipinski definition) is 1. The van der Waals surface area contributed by atoms with Crippen molar-refractivity contribution in [1.82, 2.24) is 14.7 Å². The van der Waals surface area contributed by atoms with Crippen molar-refractivity contribution in [3.63, 3.8) is 0 Å². The molecule has 4 heterocycles. The lowest BCUT2D eigenvalue weighted by molar-refractivity contribution is -0.137. The highest BCUT2D eigenvalue weighted by Crippen LogP contribution is 2.42. The number of alkyl halides is 3. The molecular weight excluding hydrogens is 505 g/mol. The zero-order chi connectivity index (χ0) is 27.1. The van der Waals surface area contributed by atoms with Crippen molar-refractivity contribution in [1.29, 1.82) is 0 Å². The number of nitrogens with zero attached hydrogens (tertiary/aromatic N) is 3. The van der Waals surface area contributed by atoms with Crippen LogP contribution in [0.25, 0.3) is 22.0 Å². The Kier molecular flexibility index (Phi) is 6.54. The van der Waals surface area contributed by atoms with Crippen LogP contribution in [0.5, 0.6) is 0 Å². The topological polar surface area (TPSA) is 59.4 Å². The fraction of sp³-hybridized carbons (Fsp3) is 0.333. The highest BCUT2D eigenvalue weighted by Gasteiger charge is 2.42. The smallest absolute Gasteiger partial charge is 0.416 e. The molecule has 1 aromatic heterocycles. The number of piperidine rings is 3. The van der Waals surface area contributed by atoms with E-state index >= 15 is 0 Å². The molecule has 0 spiro atoms. The highest BCUT2D eigenvalue weighted by molar-refractivity contribution is 5.87. The van der Waals surface area contributed by atoms with Crippen LogP contribution in [0.2, 0.25) is 0 Å². The third kappa shape index (κ3) is 5.23. The van der Waals surface area contributed by atoms with Crippen LogP contribution in [-0.2, 0) is 18.0 Å². The number of benzene rings is 3. The van der Waals surface area contributed by atoms with Crippen molar-refractivity contribution in [2.45, 2.75) is 31.0 Å². The second kappa shape index (κ2) is 10.0. The summed E-state index contributed by atoms with van der Waals surface area (Å²) in [5.41, 5.74) is 2.49. The molecule has 3 aliphatic rings. The van der Waals surface area contributed by atoms with Crippen LogP contribution in [0.4, 0.5) is 23.7 Å². The molecule has 1 amide bonds. The molecule has 39 heavy (non-hydrogen) atoms. The van der Waals surface area contributed by atoms with E-state index < -0.39 is 17.8 Å². The molecule has 4 aromatic rings. The molecule has 0 aliphatic carbocycles. The molecule has 4 atom stereocenters. The number of rotatable bonds is 5. The molecule has 202 valence electrons. The summed E-state index contributed by atoms with van der Waals surface area (Å²) in [6.45, 7) is 1.98. The Hall–Kier alpha value is -3.85. The van der Waals surface area contributed by atoms with E-state index in [9.17, 15) is 18.0 Å². The van der Waals surface area contributed by atoms with Crippen LogP contribution >= 0.6 is 0 Å². The second-order valence-electron chi connectivity index (χ2n) is 10.5. The van der Waals surface area contributed by atoms with Gasteiger partial charge in [-0.05, 0) is 66.4 Å². The normalized spacial score (nSPS) is 22.7. The third-order valence-electron chi connectivity index (χ3n) is 8.06. The molecule has 6 nitrogen and oxygen atoms in total. The molecule has 1 unspecified atom stereocenters. The Morgan fingerprint density at radius 3 is 2.64 bits per heavy atom. The number of ether oxygens (including phenoxy) is 1. The van der Waals surface area contributed by atoms with Crippen molar-refractivity contribution in [3.05, 3.63) is 84.1 Å². The Morgan fingerprint density at radius 1 is 1.05 bits per heavy atom. The number of aromatic nitrogens is 2. The Bertz CT molecular complexity index is 1520. The van der Waals surface area contributed by atoms with Crippen molar-refractivity contribution < 1.29 is 22.7 Å². The Labute approximate surface area is 224 Å². The van der Waals surface area contributed by atoms with Crippen molar-refractivity contribution in [2.75, 3.05) is 25.0 Å². The van der Waals surface area contributed by atoms with Gasteiger partial charge in [-0.15, -0.1) is 0 Å². The summed E-state index contributed by atoms with van der Waals surface area (Å²) < 4.78 is 46.3. The van der Waals surface area contributed by atoms with Crippen molar-refractivity contribution in [2.24, 2.45) is 13.0 Å². The SMILES string of the molecule is Cn1nc(-c2ccc3ccccc3c2)cc1[C@H]1CN2CC[C@H]1C[C@@H]2COC(=O)Nc1cccc(C(F)(F)F)c1. The molecule has 1 N–H and O–H groups in total. The van der Waals surface area contributed by atoms with E-state index in [1.165, 1.54) is 28.6 Å². The molecule has 3 aliphatic heterocycles. The number of fused-ring (bicyclic) bond motifs is 4. The standard InChI is InChI=1S/C30H29F3N4O2/c1-36-28(16-27(35-36)22-10-9-19-5-2-3-6-20(19)13-22)26-17-37-12-11-21(26)14-25(37)18-39-29(38)34-24-8-4-7-23(15-24)30(31,32)33/h2-10,13,15-16,21,25-26H,11-12,14,17-18H2,1H3,(H,34,38)/t21-,25+,26-/m0/s1. The van der Waals surface area contributed by atoms with Gasteiger partial charge in [0.15, 0.2) is 0 Å². The molecule has 3 aromatic carbocycles. The van der Waals surface area contributed by atoms with E-state index in [-0.39, 0.29) is 18.3 Å². The molecule has 0 saturated carbocycles. The van der Waals surface area contributed by atoms with Gasteiger partial charge in [0.2, 0.25) is 0 Å². The van der Waals surface area contributed by atoms with Crippen LogP contribution in [0.1, 0.15) is 30.0 Å². The quantitative estimate of drug-likeness (QED) is 0.310. The van der Waals surface area contributed by atoms with Gasteiger partial charge in [-0.2, -0.15) is 18.3 Å². The average molecular weight is 535 g/mol. The van der Waals surface area contributed by atoms with Crippen LogP contribution in [0, 0.1) is 5.92 Å². The van der Waals surface area contributed by atoms with E-state index in [0.29, 0.717) is 11.8 Å². The predicted molar refractivity (Wildman–Crippen MR) is 143 cm³/mol. The number of amides is 1. The van der Waals surface area contributed by atoms with E-state index in [1.807, 2.05) is 23.9 Å². The van der Waals surface area contributed by atoms with E-state index in [0.717, 1.165) is 49.3 Å². The van der Waals surface area contributed by atoms with Gasteiger partial charge in [-0.25, -0.2) is 4.79 Å². The minimum absolute atomic E-state index is 0.0544. The minimum atomic E-state index is -4.48. The number of carbonyl (C=O) groups is 1. The first-order valence-electron chi connectivity index (χ1n) is 13.1. The molecule has 3 fully saturated rings. The van der Waals surface area contributed by atoms with Crippen LogP contribution in [0.3, 0.4) is 0 Å². The molecule has 7 rings (SSSR count). The number of aryl methyl sites for hydroxylation is 1. The highest BCUT2D eigenvalue weighted by atomic mass is 19.4. The number of carbonyl (C=O) groups excluding carboxylic acids is 1.